The molecule has 0 aliphatic carbocycles. The van der Waals surface area contributed by atoms with E-state index >= 15 is 0 Å². The van der Waals surface area contributed by atoms with Crippen molar-refractivity contribution in [3.63, 3.8) is 0 Å². The topological polar surface area (TPSA) is 66.6 Å². The minimum atomic E-state index is -0.250. The fourth-order valence-corrected chi connectivity index (χ4v) is 1.26. The highest BCUT2D eigenvalue weighted by atomic mass is 127. The fourth-order valence-electron chi connectivity index (χ4n) is 1.01. The van der Waals surface area contributed by atoms with Crippen molar-refractivity contribution in [2.75, 3.05) is 34.3 Å². The molecule has 0 fully saturated rings. The summed E-state index contributed by atoms with van der Waals surface area (Å²) < 4.78 is 6.84. The van der Waals surface area contributed by atoms with Crippen LogP contribution in [-0.2, 0) is 39.6 Å². The molecule has 0 spiro atoms. The average Bonchev–Trinajstić information content (AvgIpc) is 2.39. The van der Waals surface area contributed by atoms with E-state index in [1.54, 1.807) is 0 Å². The molecule has 0 heterocycles. The number of nitrogens with zero attached hydrogens (tertiary/aromatic N) is 2. The molecule has 0 bridgehead atoms. The molecule has 23 heavy (non-hydrogen) atoms. The Balaban J connectivity index is -0.000000287. The van der Waals surface area contributed by atoms with Crippen molar-refractivity contribution in [2.45, 2.75) is 6.92 Å². The predicted octanol–water partition coefficient (Wildman–Crippen LogP) is -1.52. The zero-order valence-corrected chi connectivity index (χ0v) is 17.4. The minimum Gasteiger partial charge on any atom is -1.00 e. The molecule has 0 amide bonds. The molecular weight excluding hydrogens is 451 g/mol. The summed E-state index contributed by atoms with van der Waals surface area (Å²) >= 11 is 9.39. The van der Waals surface area contributed by atoms with Gasteiger partial charge in [0, 0.05) is 19.1 Å². The number of ether oxygens (including phenoxy) is 1. The van der Waals surface area contributed by atoms with E-state index < -0.39 is 0 Å². The van der Waals surface area contributed by atoms with Gasteiger partial charge in [0.15, 0.2) is 0 Å². The van der Waals surface area contributed by atoms with E-state index in [1.165, 1.54) is 10.3 Å². The van der Waals surface area contributed by atoms with Crippen LogP contribution in [0.1, 0.15) is 6.92 Å². The van der Waals surface area contributed by atoms with E-state index in [-0.39, 0.29) is 36.4 Å². The summed E-state index contributed by atoms with van der Waals surface area (Å²) in [5.74, 6) is -0.201. The highest BCUT2D eigenvalue weighted by Gasteiger charge is 2.06. The molecule has 0 atom stereocenters. The number of hydrogen-bond donors (Lipinski definition) is 1. The number of para-hydroxylation sites is 1. The molecule has 1 aromatic rings. The quantitative estimate of drug-likeness (QED) is 0.143. The van der Waals surface area contributed by atoms with Gasteiger partial charge in [-0.3, -0.25) is 9.59 Å². The standard InChI is InChI=1S/C7H16NO2.C6H5NS2.CH2O2.HI/c1-7(9)10-6-5-8(2,3)4;8-7(9)6-4-2-1-3-5-6;2-1-3;/h5-6H2,1-4H3;1-5H;1H,(H,2,3);1H/q+1;;;/p-1. The number of rotatable bonds is 4. The SMILES string of the molecule is CC(=O)OCC[N+](C)(C)C.O=CO.S=[N+]([S-])c1ccccc1.[I-]. The van der Waals surface area contributed by atoms with Gasteiger partial charge >= 0.3 is 5.97 Å². The van der Waals surface area contributed by atoms with Crippen LogP contribution in [0.4, 0.5) is 5.69 Å². The van der Waals surface area contributed by atoms with E-state index in [0.717, 1.165) is 16.7 Å². The third-order valence-electron chi connectivity index (χ3n) is 2.03. The van der Waals surface area contributed by atoms with Gasteiger partial charge < -0.3 is 38.3 Å². The number of esters is 1. The first-order valence-electron chi connectivity index (χ1n) is 6.35. The van der Waals surface area contributed by atoms with Crippen molar-refractivity contribution < 1.29 is 51.2 Å². The number of quaternary nitrogens is 1. The van der Waals surface area contributed by atoms with E-state index in [9.17, 15) is 4.79 Å². The molecule has 1 N–H and O–H groups in total. The smallest absolute Gasteiger partial charge is 0.302 e. The van der Waals surface area contributed by atoms with Crippen molar-refractivity contribution >= 4 is 43.4 Å². The monoisotopic (exact) mass is 474 g/mol. The Morgan fingerprint density at radius 3 is 2.04 bits per heavy atom. The van der Waals surface area contributed by atoms with E-state index in [2.05, 4.69) is 21.1 Å². The number of likely N-dealkylation sites (N-methyl/N-ethyl adjacent to an activating group) is 1. The van der Waals surface area contributed by atoms with Gasteiger partial charge in [-0.1, -0.05) is 43.4 Å². The highest BCUT2D eigenvalue weighted by molar-refractivity contribution is 7.58. The second-order valence-electron chi connectivity index (χ2n) is 5.05. The Labute approximate surface area is 165 Å². The number of halogens is 1. The minimum absolute atomic E-state index is 0. The Hall–Kier alpha value is -0.910. The summed E-state index contributed by atoms with van der Waals surface area (Å²) in [4.78, 5) is 18.7. The van der Waals surface area contributed by atoms with Gasteiger partial charge in [0.1, 0.15) is 13.2 Å². The zero-order chi connectivity index (χ0) is 17.6. The molecule has 0 radical (unpaired) electrons. The fraction of sp³-hybridized carbons (Fsp3) is 0.429. The highest BCUT2D eigenvalue weighted by Crippen LogP contribution is 2.06. The third-order valence-corrected chi connectivity index (χ3v) is 2.46. The number of carboxylic acid groups (broad SMARTS) is 1. The lowest BCUT2D eigenvalue weighted by Gasteiger charge is -2.23. The van der Waals surface area contributed by atoms with Crippen molar-refractivity contribution in [3.05, 3.63) is 30.3 Å². The maximum atomic E-state index is 10.3. The first kappa shape index (κ1) is 27.0. The van der Waals surface area contributed by atoms with Crippen LogP contribution in [0.5, 0.6) is 0 Å². The Bertz CT molecular complexity index is 454. The van der Waals surface area contributed by atoms with Gasteiger partial charge in [0.2, 0.25) is 5.69 Å². The van der Waals surface area contributed by atoms with Crippen LogP contribution in [0.2, 0.25) is 0 Å². The molecular formula is C14H23IN2O4S2. The van der Waals surface area contributed by atoms with E-state index in [0.29, 0.717) is 6.61 Å². The van der Waals surface area contributed by atoms with Gasteiger partial charge in [-0.15, -0.1) is 0 Å². The van der Waals surface area contributed by atoms with Crippen LogP contribution < -0.4 is 24.0 Å². The van der Waals surface area contributed by atoms with Crippen molar-refractivity contribution in [3.8, 4) is 0 Å². The van der Waals surface area contributed by atoms with Gasteiger partial charge in [0.05, 0.1) is 21.1 Å². The number of carbonyl (C=O) groups excluding carboxylic acids is 1. The number of carbonyl (C=O) groups is 2. The molecule has 6 nitrogen and oxygen atoms in total. The Kier molecular flexibility index (Phi) is 18.7. The van der Waals surface area contributed by atoms with E-state index in [4.69, 9.17) is 39.9 Å². The summed E-state index contributed by atoms with van der Waals surface area (Å²) in [6.07, 6.45) is 0. The van der Waals surface area contributed by atoms with Crippen molar-refractivity contribution in [1.82, 2.24) is 0 Å². The van der Waals surface area contributed by atoms with E-state index in [1.807, 2.05) is 30.3 Å². The van der Waals surface area contributed by atoms with Crippen molar-refractivity contribution in [1.29, 1.82) is 0 Å². The van der Waals surface area contributed by atoms with Crippen LogP contribution in [0.3, 0.4) is 0 Å². The maximum absolute atomic E-state index is 10.3. The maximum Gasteiger partial charge on any atom is 0.302 e. The first-order chi connectivity index (χ1) is 10.1. The second kappa shape index (κ2) is 16.0. The molecule has 1 aromatic carbocycles. The van der Waals surface area contributed by atoms with Gasteiger partial charge in [-0.2, -0.15) is 0 Å². The molecule has 9 heteroatoms. The van der Waals surface area contributed by atoms with Crippen LogP contribution in [0.15, 0.2) is 30.3 Å². The molecule has 0 aromatic heterocycles. The van der Waals surface area contributed by atoms with Gasteiger partial charge in [-0.25, -0.2) is 3.35 Å². The van der Waals surface area contributed by atoms with Crippen molar-refractivity contribution in [2.24, 2.45) is 0 Å². The molecule has 0 aliphatic heterocycles. The second-order valence-corrected chi connectivity index (χ2v) is 6.01. The summed E-state index contributed by atoms with van der Waals surface area (Å²) in [6, 6.07) is 9.49. The Morgan fingerprint density at radius 2 is 1.78 bits per heavy atom. The number of benzene rings is 1. The van der Waals surface area contributed by atoms with Crippen LogP contribution >= 0.6 is 0 Å². The largest absolute Gasteiger partial charge is 1.00 e. The van der Waals surface area contributed by atoms with Crippen LogP contribution in [-0.4, -0.2) is 59.7 Å². The lowest BCUT2D eigenvalue weighted by molar-refractivity contribution is -0.870. The Morgan fingerprint density at radius 1 is 1.35 bits per heavy atom. The zero-order valence-electron chi connectivity index (χ0n) is 13.6. The third kappa shape index (κ3) is 23.5. The lowest BCUT2D eigenvalue weighted by Crippen LogP contribution is -3.00. The summed E-state index contributed by atoms with van der Waals surface area (Å²) in [7, 11) is 6.18. The normalized spacial score (nSPS) is 8.87. The summed E-state index contributed by atoms with van der Waals surface area (Å²) in [5.41, 5.74) is 0.877. The van der Waals surface area contributed by atoms with Gasteiger partial charge in [-0.05, 0) is 0 Å². The van der Waals surface area contributed by atoms with Crippen LogP contribution in [0.25, 0.3) is 0 Å². The summed E-state index contributed by atoms with van der Waals surface area (Å²) in [5, 5.41) is 6.89. The summed E-state index contributed by atoms with van der Waals surface area (Å²) in [6.45, 7) is 2.55. The molecule has 0 saturated carbocycles. The predicted molar refractivity (Wildman–Crippen MR) is 89.3 cm³/mol. The molecule has 0 aliphatic rings. The molecule has 132 valence electrons. The lowest BCUT2D eigenvalue weighted by atomic mass is 10.3. The van der Waals surface area contributed by atoms with Crippen LogP contribution in [0, 0.1) is 0 Å². The average molecular weight is 474 g/mol. The molecule has 0 unspecified atom stereocenters. The first-order valence-corrected chi connectivity index (χ1v) is 7.08. The molecule has 0 saturated heterocycles. The number of hydrogen-bond acceptors (Lipinski definition) is 5. The van der Waals surface area contributed by atoms with Gasteiger partial charge in [0.25, 0.3) is 6.47 Å². The molecule has 1 rings (SSSR count).